The number of aromatic amines is 1. The smallest absolute Gasteiger partial charge is 0.259 e. The SMILES string of the molecule is Cc1ccc(F)cc1NC(=O)c1cn[nH]c1C. The van der Waals surface area contributed by atoms with Gasteiger partial charge < -0.3 is 5.32 Å². The lowest BCUT2D eigenvalue weighted by atomic mass is 10.2. The van der Waals surface area contributed by atoms with Crippen molar-refractivity contribution in [1.82, 2.24) is 10.2 Å². The molecule has 0 aliphatic carbocycles. The Hall–Kier alpha value is -2.17. The van der Waals surface area contributed by atoms with E-state index in [1.54, 1.807) is 19.9 Å². The van der Waals surface area contributed by atoms with Crippen molar-refractivity contribution in [3.05, 3.63) is 47.0 Å². The van der Waals surface area contributed by atoms with Crippen LogP contribution in [-0.2, 0) is 0 Å². The van der Waals surface area contributed by atoms with Gasteiger partial charge in [0.05, 0.1) is 11.8 Å². The Morgan fingerprint density at radius 2 is 2.18 bits per heavy atom. The number of nitrogens with one attached hydrogen (secondary N) is 2. The highest BCUT2D eigenvalue weighted by Crippen LogP contribution is 2.17. The van der Waals surface area contributed by atoms with Gasteiger partial charge in [0, 0.05) is 11.4 Å². The van der Waals surface area contributed by atoms with Crippen LogP contribution in [0.2, 0.25) is 0 Å². The zero-order valence-electron chi connectivity index (χ0n) is 9.54. The maximum Gasteiger partial charge on any atom is 0.259 e. The number of benzene rings is 1. The third-order valence-corrected chi connectivity index (χ3v) is 2.52. The first-order valence-electron chi connectivity index (χ1n) is 5.15. The van der Waals surface area contributed by atoms with Gasteiger partial charge >= 0.3 is 0 Å². The Kier molecular flexibility index (Phi) is 2.91. The van der Waals surface area contributed by atoms with Gasteiger partial charge in [0.1, 0.15) is 5.82 Å². The fraction of sp³-hybridized carbons (Fsp3) is 0.167. The molecule has 88 valence electrons. The summed E-state index contributed by atoms with van der Waals surface area (Å²) < 4.78 is 13.0. The van der Waals surface area contributed by atoms with Crippen LogP contribution in [-0.4, -0.2) is 16.1 Å². The molecule has 0 saturated heterocycles. The van der Waals surface area contributed by atoms with Crippen molar-refractivity contribution < 1.29 is 9.18 Å². The first-order valence-corrected chi connectivity index (χ1v) is 5.15. The zero-order chi connectivity index (χ0) is 12.4. The van der Waals surface area contributed by atoms with E-state index >= 15 is 0 Å². The molecule has 1 heterocycles. The monoisotopic (exact) mass is 233 g/mol. The van der Waals surface area contributed by atoms with Crippen LogP contribution in [0.5, 0.6) is 0 Å². The third kappa shape index (κ3) is 2.33. The van der Waals surface area contributed by atoms with E-state index in [1.807, 2.05) is 0 Å². The van der Waals surface area contributed by atoms with Crippen molar-refractivity contribution >= 4 is 11.6 Å². The first kappa shape index (κ1) is 11.3. The Balaban J connectivity index is 2.24. The molecule has 0 unspecified atom stereocenters. The van der Waals surface area contributed by atoms with Gasteiger partial charge in [-0.05, 0) is 31.5 Å². The van der Waals surface area contributed by atoms with E-state index in [1.165, 1.54) is 18.3 Å². The molecule has 0 aliphatic rings. The molecule has 1 amide bonds. The second-order valence-electron chi connectivity index (χ2n) is 3.82. The number of anilines is 1. The van der Waals surface area contributed by atoms with Crippen LogP contribution < -0.4 is 5.32 Å². The number of aryl methyl sites for hydroxylation is 2. The standard InChI is InChI=1S/C12H12FN3O/c1-7-3-4-9(13)5-11(7)15-12(17)10-6-14-16-8(10)2/h3-6H,1-2H3,(H,14,16)(H,15,17). The summed E-state index contributed by atoms with van der Waals surface area (Å²) in [7, 11) is 0. The molecule has 0 atom stereocenters. The Morgan fingerprint density at radius 1 is 1.41 bits per heavy atom. The minimum atomic E-state index is -0.380. The lowest BCUT2D eigenvalue weighted by Crippen LogP contribution is -2.13. The first-order chi connectivity index (χ1) is 8.08. The number of hydrogen-bond donors (Lipinski definition) is 2. The van der Waals surface area contributed by atoms with E-state index in [9.17, 15) is 9.18 Å². The maximum atomic E-state index is 13.0. The topological polar surface area (TPSA) is 57.8 Å². The summed E-state index contributed by atoms with van der Waals surface area (Å²) in [6.07, 6.45) is 1.44. The molecule has 0 bridgehead atoms. The Morgan fingerprint density at radius 3 is 2.82 bits per heavy atom. The molecule has 1 aromatic heterocycles. The van der Waals surface area contributed by atoms with Crippen LogP contribution in [0.1, 0.15) is 21.6 Å². The van der Waals surface area contributed by atoms with E-state index in [-0.39, 0.29) is 11.7 Å². The number of halogens is 1. The van der Waals surface area contributed by atoms with Gasteiger partial charge in [-0.15, -0.1) is 0 Å². The summed E-state index contributed by atoms with van der Waals surface area (Å²) in [5, 5.41) is 9.10. The van der Waals surface area contributed by atoms with Gasteiger partial charge in [0.15, 0.2) is 0 Å². The molecular weight excluding hydrogens is 221 g/mol. The molecule has 0 radical (unpaired) electrons. The summed E-state index contributed by atoms with van der Waals surface area (Å²) in [5.74, 6) is -0.681. The van der Waals surface area contributed by atoms with E-state index in [0.29, 0.717) is 16.9 Å². The normalized spacial score (nSPS) is 10.3. The maximum absolute atomic E-state index is 13.0. The number of amides is 1. The fourth-order valence-electron chi connectivity index (χ4n) is 1.50. The lowest BCUT2D eigenvalue weighted by Gasteiger charge is -2.07. The lowest BCUT2D eigenvalue weighted by molar-refractivity contribution is 0.102. The predicted molar refractivity (Wildman–Crippen MR) is 62.4 cm³/mol. The summed E-state index contributed by atoms with van der Waals surface area (Å²) in [6.45, 7) is 3.55. The van der Waals surface area contributed by atoms with E-state index in [0.717, 1.165) is 5.56 Å². The number of H-pyrrole nitrogens is 1. The molecule has 2 N–H and O–H groups in total. The minimum absolute atomic E-state index is 0.301. The van der Waals surface area contributed by atoms with Gasteiger partial charge in [-0.2, -0.15) is 5.10 Å². The zero-order valence-corrected chi connectivity index (χ0v) is 9.54. The molecule has 0 aliphatic heterocycles. The predicted octanol–water partition coefficient (Wildman–Crippen LogP) is 2.42. The largest absolute Gasteiger partial charge is 0.322 e. The van der Waals surface area contributed by atoms with Gasteiger partial charge in [-0.25, -0.2) is 4.39 Å². The van der Waals surface area contributed by atoms with Crippen LogP contribution in [0.3, 0.4) is 0 Å². The van der Waals surface area contributed by atoms with Crippen molar-refractivity contribution in [2.75, 3.05) is 5.32 Å². The molecule has 2 rings (SSSR count). The Bertz CT molecular complexity index is 563. The number of nitrogens with zero attached hydrogens (tertiary/aromatic N) is 1. The van der Waals surface area contributed by atoms with Crippen LogP contribution in [0.25, 0.3) is 0 Å². The molecule has 0 fully saturated rings. The molecule has 5 heteroatoms. The minimum Gasteiger partial charge on any atom is -0.322 e. The van der Waals surface area contributed by atoms with Crippen molar-refractivity contribution in [3.63, 3.8) is 0 Å². The number of carbonyl (C=O) groups excluding carboxylic acids is 1. The summed E-state index contributed by atoms with van der Waals surface area (Å²) in [5.41, 5.74) is 2.40. The molecule has 2 aromatic rings. The van der Waals surface area contributed by atoms with Gasteiger partial charge in [-0.3, -0.25) is 9.89 Å². The van der Waals surface area contributed by atoms with Crippen LogP contribution in [0.15, 0.2) is 24.4 Å². The van der Waals surface area contributed by atoms with E-state index < -0.39 is 0 Å². The van der Waals surface area contributed by atoms with Crippen LogP contribution in [0.4, 0.5) is 10.1 Å². The van der Waals surface area contributed by atoms with E-state index in [2.05, 4.69) is 15.5 Å². The van der Waals surface area contributed by atoms with E-state index in [4.69, 9.17) is 0 Å². The molecule has 0 spiro atoms. The summed E-state index contributed by atoms with van der Waals surface area (Å²) in [6, 6.07) is 4.27. The quantitative estimate of drug-likeness (QED) is 0.836. The van der Waals surface area contributed by atoms with Gasteiger partial charge in [0.2, 0.25) is 0 Å². The number of rotatable bonds is 2. The van der Waals surface area contributed by atoms with Crippen molar-refractivity contribution in [2.24, 2.45) is 0 Å². The Labute approximate surface area is 97.9 Å². The highest BCUT2D eigenvalue weighted by molar-refractivity contribution is 6.05. The van der Waals surface area contributed by atoms with Crippen molar-refractivity contribution in [3.8, 4) is 0 Å². The molecular formula is C12H12FN3O. The fourth-order valence-corrected chi connectivity index (χ4v) is 1.50. The average molecular weight is 233 g/mol. The summed E-state index contributed by atoms with van der Waals surface area (Å²) in [4.78, 5) is 11.9. The van der Waals surface area contributed by atoms with Gasteiger partial charge in [0.25, 0.3) is 5.91 Å². The summed E-state index contributed by atoms with van der Waals surface area (Å²) >= 11 is 0. The highest BCUT2D eigenvalue weighted by Gasteiger charge is 2.12. The number of carbonyl (C=O) groups is 1. The second-order valence-corrected chi connectivity index (χ2v) is 3.82. The average Bonchev–Trinajstić information content (AvgIpc) is 2.70. The second kappa shape index (κ2) is 4.37. The van der Waals surface area contributed by atoms with Crippen molar-refractivity contribution in [2.45, 2.75) is 13.8 Å². The van der Waals surface area contributed by atoms with Crippen LogP contribution >= 0.6 is 0 Å². The molecule has 4 nitrogen and oxygen atoms in total. The van der Waals surface area contributed by atoms with Crippen LogP contribution in [0, 0.1) is 19.7 Å². The third-order valence-electron chi connectivity index (χ3n) is 2.52. The molecule has 17 heavy (non-hydrogen) atoms. The number of hydrogen-bond acceptors (Lipinski definition) is 2. The van der Waals surface area contributed by atoms with Crippen molar-refractivity contribution in [1.29, 1.82) is 0 Å². The molecule has 1 aromatic carbocycles. The molecule has 0 saturated carbocycles. The highest BCUT2D eigenvalue weighted by atomic mass is 19.1. The number of aromatic nitrogens is 2. The van der Waals surface area contributed by atoms with Gasteiger partial charge in [-0.1, -0.05) is 6.07 Å².